The first-order valence-corrected chi connectivity index (χ1v) is 16.0. The zero-order chi connectivity index (χ0) is 26.2. The van der Waals surface area contributed by atoms with E-state index in [-0.39, 0.29) is 5.97 Å². The van der Waals surface area contributed by atoms with Gasteiger partial charge in [0.15, 0.2) is 0 Å². The SMILES string of the molecule is CCCCCCCC/C=C\CCCCCCCC(=O)OC=CC=CCCCCCCCCCCCC. The molecule has 0 rings (SSSR count). The van der Waals surface area contributed by atoms with Crippen molar-refractivity contribution in [3.05, 3.63) is 36.6 Å². The Morgan fingerprint density at radius 1 is 0.472 bits per heavy atom. The molecule has 0 aromatic carbocycles. The first-order chi connectivity index (χ1) is 17.8. The van der Waals surface area contributed by atoms with Crippen molar-refractivity contribution in [2.75, 3.05) is 0 Å². The Morgan fingerprint density at radius 3 is 1.33 bits per heavy atom. The van der Waals surface area contributed by atoms with Gasteiger partial charge in [0, 0.05) is 6.42 Å². The van der Waals surface area contributed by atoms with Crippen LogP contribution in [0.5, 0.6) is 0 Å². The summed E-state index contributed by atoms with van der Waals surface area (Å²) in [5.74, 6) is -0.105. The monoisotopic (exact) mass is 502 g/mol. The Balaban J connectivity index is 3.34. The van der Waals surface area contributed by atoms with Crippen LogP contribution in [0.15, 0.2) is 36.6 Å². The number of unbranched alkanes of at least 4 members (excludes halogenated alkanes) is 21. The number of hydrogen-bond acceptors (Lipinski definition) is 2. The molecule has 0 radical (unpaired) electrons. The molecule has 0 aromatic rings. The molecule has 0 aromatic heterocycles. The summed E-state index contributed by atoms with van der Waals surface area (Å²) < 4.78 is 5.19. The van der Waals surface area contributed by atoms with Crippen LogP contribution in [-0.2, 0) is 9.53 Å². The van der Waals surface area contributed by atoms with E-state index in [2.05, 4.69) is 32.1 Å². The maximum absolute atomic E-state index is 11.8. The zero-order valence-electron chi connectivity index (χ0n) is 24.5. The predicted molar refractivity (Wildman–Crippen MR) is 160 cm³/mol. The first-order valence-electron chi connectivity index (χ1n) is 16.0. The van der Waals surface area contributed by atoms with Crippen LogP contribution < -0.4 is 0 Å². The maximum Gasteiger partial charge on any atom is 0.310 e. The lowest BCUT2D eigenvalue weighted by Crippen LogP contribution is -1.98. The van der Waals surface area contributed by atoms with E-state index in [0.29, 0.717) is 6.42 Å². The summed E-state index contributed by atoms with van der Waals surface area (Å²) in [4.78, 5) is 11.8. The quantitative estimate of drug-likeness (QED) is 0.0349. The second kappa shape index (κ2) is 31.7. The molecule has 0 spiro atoms. The summed E-state index contributed by atoms with van der Waals surface area (Å²) in [7, 11) is 0. The molecule has 36 heavy (non-hydrogen) atoms. The fourth-order valence-corrected chi connectivity index (χ4v) is 4.48. The Hall–Kier alpha value is -1.31. The van der Waals surface area contributed by atoms with Gasteiger partial charge in [-0.3, -0.25) is 4.79 Å². The van der Waals surface area contributed by atoms with Crippen molar-refractivity contribution in [1.29, 1.82) is 0 Å². The smallest absolute Gasteiger partial charge is 0.310 e. The van der Waals surface area contributed by atoms with E-state index < -0.39 is 0 Å². The lowest BCUT2D eigenvalue weighted by molar-refractivity contribution is -0.138. The largest absolute Gasteiger partial charge is 0.434 e. The molecule has 0 saturated heterocycles. The van der Waals surface area contributed by atoms with Gasteiger partial charge in [0.2, 0.25) is 0 Å². The Morgan fingerprint density at radius 2 is 0.861 bits per heavy atom. The van der Waals surface area contributed by atoms with E-state index in [0.717, 1.165) is 19.3 Å². The average Bonchev–Trinajstić information content (AvgIpc) is 2.88. The molecule has 0 N–H and O–H groups in total. The Labute approximate surface area is 226 Å². The third-order valence-corrected chi connectivity index (χ3v) is 6.89. The predicted octanol–water partition coefficient (Wildman–Crippen LogP) is 11.9. The second-order valence-corrected chi connectivity index (χ2v) is 10.6. The minimum absolute atomic E-state index is 0.105. The van der Waals surface area contributed by atoms with Crippen molar-refractivity contribution in [1.82, 2.24) is 0 Å². The highest BCUT2D eigenvalue weighted by Crippen LogP contribution is 2.12. The summed E-state index contributed by atoms with van der Waals surface area (Å²) in [5.41, 5.74) is 0. The minimum Gasteiger partial charge on any atom is -0.434 e. The van der Waals surface area contributed by atoms with Gasteiger partial charge in [-0.25, -0.2) is 0 Å². The van der Waals surface area contributed by atoms with Crippen LogP contribution in [0.3, 0.4) is 0 Å². The number of esters is 1. The fraction of sp³-hybridized carbons (Fsp3) is 0.794. The Bertz CT molecular complexity index is 517. The van der Waals surface area contributed by atoms with Crippen molar-refractivity contribution in [2.45, 2.75) is 174 Å². The van der Waals surface area contributed by atoms with Crippen molar-refractivity contribution < 1.29 is 9.53 Å². The molecule has 2 nitrogen and oxygen atoms in total. The summed E-state index contributed by atoms with van der Waals surface area (Å²) in [5, 5.41) is 0. The molecule has 0 aliphatic rings. The maximum atomic E-state index is 11.8. The topological polar surface area (TPSA) is 26.3 Å². The summed E-state index contributed by atoms with van der Waals surface area (Å²) in [6.45, 7) is 4.55. The number of carbonyl (C=O) groups excluding carboxylic acids is 1. The van der Waals surface area contributed by atoms with Crippen LogP contribution >= 0.6 is 0 Å². The molecule has 0 bridgehead atoms. The highest BCUT2D eigenvalue weighted by molar-refractivity contribution is 5.69. The van der Waals surface area contributed by atoms with Gasteiger partial charge in [0.25, 0.3) is 0 Å². The van der Waals surface area contributed by atoms with Crippen LogP contribution in [0.1, 0.15) is 174 Å². The highest BCUT2D eigenvalue weighted by atomic mass is 16.5. The van der Waals surface area contributed by atoms with E-state index >= 15 is 0 Å². The standard InChI is InChI=1S/C34H62O2/c1-3-5-7-9-11-13-15-17-19-20-22-24-26-28-30-32-34(35)36-33-31-29-27-25-23-21-18-16-14-12-10-8-6-4-2/h17,19,27,29,31,33H,3-16,18,20-26,28,30,32H2,1-2H3/b19-17-,29-27?,33-31?. The first kappa shape index (κ1) is 34.7. The summed E-state index contributed by atoms with van der Waals surface area (Å²) in [6.07, 6.45) is 44.2. The third kappa shape index (κ3) is 30.7. The molecular weight excluding hydrogens is 440 g/mol. The van der Waals surface area contributed by atoms with Crippen molar-refractivity contribution in [3.63, 3.8) is 0 Å². The molecule has 0 aliphatic heterocycles. The van der Waals surface area contributed by atoms with Gasteiger partial charge in [-0.05, 0) is 51.0 Å². The molecule has 0 unspecified atom stereocenters. The molecule has 0 saturated carbocycles. The van der Waals surface area contributed by atoms with Crippen LogP contribution in [0.4, 0.5) is 0 Å². The van der Waals surface area contributed by atoms with Gasteiger partial charge < -0.3 is 4.74 Å². The minimum atomic E-state index is -0.105. The van der Waals surface area contributed by atoms with E-state index in [4.69, 9.17) is 4.74 Å². The van der Waals surface area contributed by atoms with E-state index in [1.165, 1.54) is 141 Å². The molecule has 0 fully saturated rings. The number of allylic oxidation sites excluding steroid dienone is 5. The van der Waals surface area contributed by atoms with Crippen LogP contribution in [0.2, 0.25) is 0 Å². The molecular formula is C34H62O2. The summed E-state index contributed by atoms with van der Waals surface area (Å²) in [6, 6.07) is 0. The molecule has 210 valence electrons. The molecule has 2 heteroatoms. The summed E-state index contributed by atoms with van der Waals surface area (Å²) >= 11 is 0. The van der Waals surface area contributed by atoms with E-state index in [1.54, 1.807) is 0 Å². The van der Waals surface area contributed by atoms with Gasteiger partial charge in [0.1, 0.15) is 0 Å². The molecule has 0 amide bonds. The second-order valence-electron chi connectivity index (χ2n) is 10.6. The van der Waals surface area contributed by atoms with Gasteiger partial charge in [0.05, 0.1) is 6.26 Å². The Kier molecular flexibility index (Phi) is 30.6. The van der Waals surface area contributed by atoms with Crippen LogP contribution in [0.25, 0.3) is 0 Å². The normalized spacial score (nSPS) is 11.9. The van der Waals surface area contributed by atoms with E-state index in [1.807, 2.05) is 12.2 Å². The number of ether oxygens (including phenoxy) is 1. The number of carbonyl (C=O) groups is 1. The third-order valence-electron chi connectivity index (χ3n) is 6.89. The van der Waals surface area contributed by atoms with Gasteiger partial charge >= 0.3 is 5.97 Å². The highest BCUT2D eigenvalue weighted by Gasteiger charge is 2.00. The molecule has 0 aliphatic carbocycles. The van der Waals surface area contributed by atoms with E-state index in [9.17, 15) is 4.79 Å². The lowest BCUT2D eigenvalue weighted by Gasteiger charge is -2.01. The van der Waals surface area contributed by atoms with Gasteiger partial charge in [-0.15, -0.1) is 0 Å². The average molecular weight is 503 g/mol. The molecule has 0 heterocycles. The van der Waals surface area contributed by atoms with Gasteiger partial charge in [-0.2, -0.15) is 0 Å². The van der Waals surface area contributed by atoms with Crippen molar-refractivity contribution in [2.24, 2.45) is 0 Å². The lowest BCUT2D eigenvalue weighted by atomic mass is 10.1. The van der Waals surface area contributed by atoms with Gasteiger partial charge in [-0.1, -0.05) is 147 Å². The zero-order valence-corrected chi connectivity index (χ0v) is 24.5. The van der Waals surface area contributed by atoms with Crippen LogP contribution in [-0.4, -0.2) is 5.97 Å². The van der Waals surface area contributed by atoms with Crippen molar-refractivity contribution >= 4 is 5.97 Å². The fourth-order valence-electron chi connectivity index (χ4n) is 4.48. The molecule has 0 atom stereocenters. The number of rotatable bonds is 28. The number of hydrogen-bond donors (Lipinski definition) is 0. The van der Waals surface area contributed by atoms with Crippen molar-refractivity contribution in [3.8, 4) is 0 Å². The van der Waals surface area contributed by atoms with Crippen LogP contribution in [0, 0.1) is 0 Å².